The number of carbonyl (C=O) groups excluding carboxylic acids is 1. The molecular formula is C15H30N2O2. The minimum Gasteiger partial charge on any atom is -0.385 e. The van der Waals surface area contributed by atoms with Gasteiger partial charge in [-0.1, -0.05) is 27.2 Å². The molecule has 1 N–H and O–H groups in total. The lowest BCUT2D eigenvalue weighted by Gasteiger charge is -2.25. The quantitative estimate of drug-likeness (QED) is 0.654. The maximum atomic E-state index is 12.4. The number of unbranched alkanes of at least 4 members (excludes halogenated alkanes) is 1. The van der Waals surface area contributed by atoms with Crippen LogP contribution in [0.5, 0.6) is 0 Å². The van der Waals surface area contributed by atoms with Crippen molar-refractivity contribution < 1.29 is 9.53 Å². The molecule has 0 spiro atoms. The van der Waals surface area contributed by atoms with Crippen molar-refractivity contribution in [1.29, 1.82) is 0 Å². The Morgan fingerprint density at radius 3 is 2.68 bits per heavy atom. The van der Waals surface area contributed by atoms with E-state index in [0.29, 0.717) is 11.8 Å². The zero-order valence-corrected chi connectivity index (χ0v) is 12.9. The highest BCUT2D eigenvalue weighted by Gasteiger charge is 2.37. The van der Waals surface area contributed by atoms with Crippen LogP contribution in [0.2, 0.25) is 0 Å². The highest BCUT2D eigenvalue weighted by Crippen LogP contribution is 2.20. The average molecular weight is 270 g/mol. The normalized spacial score (nSPS) is 23.6. The lowest BCUT2D eigenvalue weighted by atomic mass is 10.1. The number of hydrogen-bond donors (Lipinski definition) is 1. The van der Waals surface area contributed by atoms with Crippen molar-refractivity contribution in [1.82, 2.24) is 10.2 Å². The first kappa shape index (κ1) is 16.4. The molecule has 1 amide bonds. The molecule has 4 nitrogen and oxygen atoms in total. The predicted molar refractivity (Wildman–Crippen MR) is 77.9 cm³/mol. The largest absolute Gasteiger partial charge is 0.385 e. The average Bonchev–Trinajstić information content (AvgIpc) is 2.62. The molecule has 1 aliphatic rings. The van der Waals surface area contributed by atoms with Crippen LogP contribution in [0.3, 0.4) is 0 Å². The second-order valence-corrected chi connectivity index (χ2v) is 5.88. The Labute approximate surface area is 117 Å². The van der Waals surface area contributed by atoms with E-state index in [2.05, 4.69) is 31.0 Å². The van der Waals surface area contributed by atoms with Gasteiger partial charge in [0.25, 0.3) is 0 Å². The number of ether oxygens (including phenoxy) is 1. The number of methoxy groups -OCH3 is 1. The highest BCUT2D eigenvalue weighted by atomic mass is 16.5. The molecule has 0 saturated carbocycles. The second-order valence-electron chi connectivity index (χ2n) is 5.88. The standard InChI is InChI=1S/C15H30N2O2/c1-5-8-13-15(18)17(9-6-7-10-19-4)14(16-13)11-12(2)3/h12-14,16H,5-11H2,1-4H3. The fraction of sp³-hybridized carbons (Fsp3) is 0.933. The Kier molecular flexibility index (Phi) is 7.39. The molecule has 1 heterocycles. The van der Waals surface area contributed by atoms with E-state index in [-0.39, 0.29) is 12.2 Å². The van der Waals surface area contributed by atoms with Gasteiger partial charge >= 0.3 is 0 Å². The highest BCUT2D eigenvalue weighted by molar-refractivity contribution is 5.84. The van der Waals surface area contributed by atoms with E-state index in [9.17, 15) is 4.79 Å². The zero-order valence-electron chi connectivity index (χ0n) is 12.9. The fourth-order valence-electron chi connectivity index (χ4n) is 2.68. The monoisotopic (exact) mass is 270 g/mol. The molecule has 112 valence electrons. The van der Waals surface area contributed by atoms with Gasteiger partial charge in [-0.3, -0.25) is 10.1 Å². The Morgan fingerprint density at radius 1 is 1.37 bits per heavy atom. The minimum absolute atomic E-state index is 0.0381. The summed E-state index contributed by atoms with van der Waals surface area (Å²) in [6, 6.07) is 0.0381. The van der Waals surface area contributed by atoms with Crippen molar-refractivity contribution in [3.63, 3.8) is 0 Å². The SMILES string of the molecule is CCCC1NC(CC(C)C)N(CCCCOC)C1=O. The maximum absolute atomic E-state index is 12.4. The van der Waals surface area contributed by atoms with Gasteiger partial charge < -0.3 is 9.64 Å². The van der Waals surface area contributed by atoms with Gasteiger partial charge in [0.05, 0.1) is 12.2 Å². The Bertz CT molecular complexity index is 269. The molecule has 0 aliphatic carbocycles. The van der Waals surface area contributed by atoms with Crippen LogP contribution in [0.25, 0.3) is 0 Å². The third-order valence-corrected chi connectivity index (χ3v) is 3.62. The van der Waals surface area contributed by atoms with Crippen LogP contribution < -0.4 is 5.32 Å². The summed E-state index contributed by atoms with van der Waals surface area (Å²) in [7, 11) is 1.72. The molecule has 1 rings (SSSR count). The summed E-state index contributed by atoms with van der Waals surface area (Å²) in [6.07, 6.45) is 5.31. The molecule has 2 atom stereocenters. The summed E-state index contributed by atoms with van der Waals surface area (Å²) < 4.78 is 5.07. The molecule has 4 heteroatoms. The number of amides is 1. The van der Waals surface area contributed by atoms with Crippen molar-refractivity contribution >= 4 is 5.91 Å². The van der Waals surface area contributed by atoms with E-state index in [1.165, 1.54) is 0 Å². The first-order chi connectivity index (χ1) is 9.10. The summed E-state index contributed by atoms with van der Waals surface area (Å²) >= 11 is 0. The van der Waals surface area contributed by atoms with Crippen molar-refractivity contribution in [2.45, 2.75) is 65.1 Å². The Balaban J connectivity index is 2.52. The molecule has 19 heavy (non-hydrogen) atoms. The minimum atomic E-state index is 0.0381. The van der Waals surface area contributed by atoms with Crippen molar-refractivity contribution in [3.05, 3.63) is 0 Å². The Hall–Kier alpha value is -0.610. The number of carbonyl (C=O) groups is 1. The molecule has 1 saturated heterocycles. The molecule has 0 aromatic rings. The third-order valence-electron chi connectivity index (χ3n) is 3.62. The van der Waals surface area contributed by atoms with E-state index in [4.69, 9.17) is 4.74 Å². The summed E-state index contributed by atoms with van der Waals surface area (Å²) in [4.78, 5) is 14.4. The fourth-order valence-corrected chi connectivity index (χ4v) is 2.68. The van der Waals surface area contributed by atoms with E-state index >= 15 is 0 Å². The van der Waals surface area contributed by atoms with E-state index in [1.54, 1.807) is 7.11 Å². The van der Waals surface area contributed by atoms with E-state index < -0.39 is 0 Å². The first-order valence-corrected chi connectivity index (χ1v) is 7.65. The molecule has 2 unspecified atom stereocenters. The number of nitrogens with zero attached hydrogens (tertiary/aromatic N) is 1. The predicted octanol–water partition coefficient (Wildman–Crippen LogP) is 2.39. The van der Waals surface area contributed by atoms with Crippen LogP contribution in [-0.4, -0.2) is 43.3 Å². The molecule has 0 aromatic heterocycles. The lowest BCUT2D eigenvalue weighted by Crippen LogP contribution is -2.39. The van der Waals surface area contributed by atoms with Gasteiger partial charge in [-0.2, -0.15) is 0 Å². The summed E-state index contributed by atoms with van der Waals surface area (Å²) in [5, 5.41) is 3.51. The molecule has 0 bridgehead atoms. The Morgan fingerprint density at radius 2 is 2.11 bits per heavy atom. The van der Waals surface area contributed by atoms with E-state index in [0.717, 1.165) is 45.3 Å². The molecule has 1 aliphatic heterocycles. The van der Waals surface area contributed by atoms with Crippen LogP contribution in [0.1, 0.15) is 52.9 Å². The number of rotatable bonds is 9. The van der Waals surface area contributed by atoms with Crippen LogP contribution in [0.15, 0.2) is 0 Å². The van der Waals surface area contributed by atoms with Crippen molar-refractivity contribution in [3.8, 4) is 0 Å². The summed E-state index contributed by atoms with van der Waals surface area (Å²) in [6.45, 7) is 8.19. The number of hydrogen-bond acceptors (Lipinski definition) is 3. The smallest absolute Gasteiger partial charge is 0.241 e. The van der Waals surface area contributed by atoms with Gasteiger partial charge in [0, 0.05) is 20.3 Å². The van der Waals surface area contributed by atoms with E-state index in [1.807, 2.05) is 0 Å². The molecule has 0 radical (unpaired) electrons. The molecule has 0 aromatic carbocycles. The van der Waals surface area contributed by atoms with Gasteiger partial charge in [0.2, 0.25) is 5.91 Å². The van der Waals surface area contributed by atoms with Crippen LogP contribution in [0, 0.1) is 5.92 Å². The van der Waals surface area contributed by atoms with Crippen LogP contribution in [-0.2, 0) is 9.53 Å². The van der Waals surface area contributed by atoms with Crippen LogP contribution >= 0.6 is 0 Å². The first-order valence-electron chi connectivity index (χ1n) is 7.65. The zero-order chi connectivity index (χ0) is 14.3. The van der Waals surface area contributed by atoms with Gasteiger partial charge in [0.15, 0.2) is 0 Å². The molecule has 1 fully saturated rings. The maximum Gasteiger partial charge on any atom is 0.241 e. The topological polar surface area (TPSA) is 41.6 Å². The second kappa shape index (κ2) is 8.54. The van der Waals surface area contributed by atoms with Crippen LogP contribution in [0.4, 0.5) is 0 Å². The van der Waals surface area contributed by atoms with Crippen molar-refractivity contribution in [2.75, 3.05) is 20.3 Å². The summed E-state index contributed by atoms with van der Waals surface area (Å²) in [5.41, 5.74) is 0. The lowest BCUT2D eigenvalue weighted by molar-refractivity contribution is -0.130. The summed E-state index contributed by atoms with van der Waals surface area (Å²) in [5.74, 6) is 0.900. The van der Waals surface area contributed by atoms with Gasteiger partial charge in [0.1, 0.15) is 0 Å². The van der Waals surface area contributed by atoms with Crippen molar-refractivity contribution in [2.24, 2.45) is 5.92 Å². The van der Waals surface area contributed by atoms with Gasteiger partial charge in [-0.15, -0.1) is 0 Å². The third kappa shape index (κ3) is 5.11. The molecular weight excluding hydrogens is 240 g/mol. The van der Waals surface area contributed by atoms with Gasteiger partial charge in [-0.25, -0.2) is 0 Å². The number of nitrogens with one attached hydrogen (secondary N) is 1. The van der Waals surface area contributed by atoms with Gasteiger partial charge in [-0.05, 0) is 31.6 Å².